The van der Waals surface area contributed by atoms with E-state index in [4.69, 9.17) is 10.00 Å². The Morgan fingerprint density at radius 1 is 1.26 bits per heavy atom. The van der Waals surface area contributed by atoms with E-state index >= 15 is 0 Å². The second-order valence-corrected chi connectivity index (χ2v) is 12.5. The Morgan fingerprint density at radius 3 is 2.83 bits per heavy atom. The van der Waals surface area contributed by atoms with Crippen molar-refractivity contribution in [1.29, 1.82) is 5.26 Å². The molecule has 3 aromatic rings. The molecule has 0 amide bonds. The van der Waals surface area contributed by atoms with Crippen LogP contribution in [0, 0.1) is 11.3 Å². The fourth-order valence-electron chi connectivity index (χ4n) is 2.54. The molecule has 0 saturated carbocycles. The topological polar surface area (TPSA) is 63.7 Å². The van der Waals surface area contributed by atoms with Gasteiger partial charge >= 0.3 is 0 Å². The molecule has 0 atom stereocenters. The van der Waals surface area contributed by atoms with Crippen LogP contribution in [0.3, 0.4) is 0 Å². The highest BCUT2D eigenvalue weighted by atomic mass is 28.3. The predicted molar refractivity (Wildman–Crippen MR) is 93.9 cm³/mol. The van der Waals surface area contributed by atoms with Gasteiger partial charge in [0.15, 0.2) is 0 Å². The maximum absolute atomic E-state index is 9.07. The Labute approximate surface area is 136 Å². The van der Waals surface area contributed by atoms with Gasteiger partial charge in [-0.15, -0.1) is 0 Å². The first-order chi connectivity index (χ1) is 11.0. The van der Waals surface area contributed by atoms with Crippen molar-refractivity contribution < 1.29 is 4.74 Å². The molecular formula is C17H20N4OSi. The lowest BCUT2D eigenvalue weighted by atomic mass is 10.2. The number of hydrogen-bond donors (Lipinski definition) is 0. The van der Waals surface area contributed by atoms with Gasteiger partial charge in [0.1, 0.15) is 24.1 Å². The summed E-state index contributed by atoms with van der Waals surface area (Å²) in [5.41, 5.74) is 2.23. The van der Waals surface area contributed by atoms with Crippen molar-refractivity contribution in [3.05, 3.63) is 36.3 Å². The molecule has 0 aromatic carbocycles. The van der Waals surface area contributed by atoms with Gasteiger partial charge in [0, 0.05) is 31.7 Å². The van der Waals surface area contributed by atoms with Crippen LogP contribution >= 0.6 is 0 Å². The van der Waals surface area contributed by atoms with Gasteiger partial charge in [-0.3, -0.25) is 4.57 Å². The van der Waals surface area contributed by atoms with Gasteiger partial charge in [-0.1, -0.05) is 19.6 Å². The van der Waals surface area contributed by atoms with E-state index in [-0.39, 0.29) is 0 Å². The number of hydrogen-bond acceptors (Lipinski definition) is 4. The zero-order chi connectivity index (χ0) is 16.4. The smallest absolute Gasteiger partial charge is 0.142 e. The second-order valence-electron chi connectivity index (χ2n) is 6.85. The highest BCUT2D eigenvalue weighted by molar-refractivity contribution is 6.76. The van der Waals surface area contributed by atoms with Crippen molar-refractivity contribution in [3.63, 3.8) is 0 Å². The molecule has 3 heterocycles. The number of nitriles is 1. The van der Waals surface area contributed by atoms with E-state index in [1.54, 1.807) is 12.4 Å². The number of rotatable bonds is 5. The summed E-state index contributed by atoms with van der Waals surface area (Å²) in [7, 11) is -1.10. The van der Waals surface area contributed by atoms with Gasteiger partial charge in [0.25, 0.3) is 0 Å². The third kappa shape index (κ3) is 3.26. The van der Waals surface area contributed by atoms with Crippen LogP contribution in [0.2, 0.25) is 25.7 Å². The summed E-state index contributed by atoms with van der Waals surface area (Å²) in [4.78, 5) is 8.67. The van der Waals surface area contributed by atoms with Crippen LogP contribution in [0.1, 0.15) is 5.69 Å². The molecule has 0 N–H and O–H groups in total. The normalized spacial score (nSPS) is 11.9. The minimum atomic E-state index is -1.10. The average molecular weight is 324 g/mol. The summed E-state index contributed by atoms with van der Waals surface area (Å²) in [5, 5.41) is 11.1. The van der Waals surface area contributed by atoms with E-state index in [1.165, 1.54) is 0 Å². The number of pyridine rings is 2. The van der Waals surface area contributed by atoms with E-state index in [2.05, 4.69) is 35.7 Å². The molecule has 3 rings (SSSR count). The number of nitrogens with zero attached hydrogens (tertiary/aromatic N) is 4. The van der Waals surface area contributed by atoms with Crippen LogP contribution in [-0.2, 0) is 11.5 Å². The molecule has 0 aliphatic rings. The fourth-order valence-corrected chi connectivity index (χ4v) is 3.30. The molecule has 0 fully saturated rings. The molecule has 118 valence electrons. The highest BCUT2D eigenvalue weighted by Gasteiger charge is 2.14. The van der Waals surface area contributed by atoms with Crippen LogP contribution in [-0.4, -0.2) is 29.2 Å². The molecule has 0 aliphatic carbocycles. The van der Waals surface area contributed by atoms with Crippen molar-refractivity contribution in [2.75, 3.05) is 6.61 Å². The molecule has 3 aromatic heterocycles. The molecular weight excluding hydrogens is 304 g/mol. The van der Waals surface area contributed by atoms with Crippen LogP contribution in [0.5, 0.6) is 0 Å². The molecule has 0 saturated heterocycles. The lowest BCUT2D eigenvalue weighted by Gasteiger charge is -2.16. The van der Waals surface area contributed by atoms with Crippen LogP contribution in [0.15, 0.2) is 30.6 Å². The average Bonchev–Trinajstić information content (AvgIpc) is 2.84. The van der Waals surface area contributed by atoms with Gasteiger partial charge in [-0.05, 0) is 24.2 Å². The number of ether oxygens (including phenoxy) is 1. The summed E-state index contributed by atoms with van der Waals surface area (Å²) in [6.07, 6.45) is 3.51. The first kappa shape index (κ1) is 15.7. The molecule has 0 radical (unpaired) electrons. The van der Waals surface area contributed by atoms with E-state index in [9.17, 15) is 0 Å². The Kier molecular flexibility index (Phi) is 4.16. The fraction of sp³-hybridized carbons (Fsp3) is 0.353. The standard InChI is InChI=1S/C17H20N4OSi/c1-23(2,3)8-7-22-12-21-16-11-20-13(10-18)9-15(16)14-5-4-6-19-17(14)21/h4-6,9,11H,7-8,12H2,1-3H3. The monoisotopic (exact) mass is 324 g/mol. The minimum Gasteiger partial charge on any atom is -0.361 e. The van der Waals surface area contributed by atoms with Crippen LogP contribution in [0.25, 0.3) is 21.9 Å². The molecule has 0 bridgehead atoms. The van der Waals surface area contributed by atoms with E-state index in [0.717, 1.165) is 34.6 Å². The Hall–Kier alpha value is -2.23. The van der Waals surface area contributed by atoms with Gasteiger partial charge < -0.3 is 4.74 Å². The summed E-state index contributed by atoms with van der Waals surface area (Å²) in [5.74, 6) is 0. The lowest BCUT2D eigenvalue weighted by molar-refractivity contribution is 0.0925. The Bertz CT molecular complexity index is 889. The maximum atomic E-state index is 9.07. The largest absolute Gasteiger partial charge is 0.361 e. The van der Waals surface area contributed by atoms with Crippen LogP contribution in [0.4, 0.5) is 0 Å². The number of fused-ring (bicyclic) bond motifs is 3. The van der Waals surface area contributed by atoms with Gasteiger partial charge in [0.2, 0.25) is 0 Å². The van der Waals surface area contributed by atoms with Crippen molar-refractivity contribution in [2.45, 2.75) is 32.4 Å². The molecule has 0 unspecified atom stereocenters. The minimum absolute atomic E-state index is 0.417. The first-order valence-electron chi connectivity index (χ1n) is 7.70. The van der Waals surface area contributed by atoms with Crippen molar-refractivity contribution >= 4 is 30.0 Å². The van der Waals surface area contributed by atoms with Gasteiger partial charge in [-0.2, -0.15) is 5.26 Å². The van der Waals surface area contributed by atoms with Gasteiger partial charge in [-0.25, -0.2) is 9.97 Å². The van der Waals surface area contributed by atoms with Crippen molar-refractivity contribution in [1.82, 2.24) is 14.5 Å². The molecule has 6 heteroatoms. The Balaban J connectivity index is 1.96. The molecule has 0 spiro atoms. The van der Waals surface area contributed by atoms with Crippen molar-refractivity contribution in [3.8, 4) is 6.07 Å². The summed E-state index contributed by atoms with van der Waals surface area (Å²) >= 11 is 0. The van der Waals surface area contributed by atoms with E-state index < -0.39 is 8.07 Å². The van der Waals surface area contributed by atoms with Crippen LogP contribution < -0.4 is 0 Å². The number of aromatic nitrogens is 3. The predicted octanol–water partition coefficient (Wildman–Crippen LogP) is 3.77. The summed E-state index contributed by atoms with van der Waals surface area (Å²) < 4.78 is 7.92. The van der Waals surface area contributed by atoms with Crippen molar-refractivity contribution in [2.24, 2.45) is 0 Å². The second kappa shape index (κ2) is 6.11. The third-order valence-electron chi connectivity index (χ3n) is 3.84. The molecule has 5 nitrogen and oxygen atoms in total. The lowest BCUT2D eigenvalue weighted by Crippen LogP contribution is -2.22. The molecule has 0 aliphatic heterocycles. The quantitative estimate of drug-likeness (QED) is 0.529. The zero-order valence-electron chi connectivity index (χ0n) is 13.7. The first-order valence-corrected chi connectivity index (χ1v) is 11.4. The van der Waals surface area contributed by atoms with Gasteiger partial charge in [0.05, 0.1) is 11.7 Å². The Morgan fingerprint density at radius 2 is 2.09 bits per heavy atom. The summed E-state index contributed by atoms with van der Waals surface area (Å²) in [6, 6.07) is 8.97. The van der Waals surface area contributed by atoms with E-state index in [0.29, 0.717) is 12.4 Å². The maximum Gasteiger partial charge on any atom is 0.142 e. The van der Waals surface area contributed by atoms with E-state index in [1.807, 2.05) is 22.8 Å². The SMILES string of the molecule is C[Si](C)(C)CCOCn1c2cnc(C#N)cc2c2cccnc21. The highest BCUT2D eigenvalue weighted by Crippen LogP contribution is 2.27. The molecule has 23 heavy (non-hydrogen) atoms. The zero-order valence-corrected chi connectivity index (χ0v) is 14.7. The summed E-state index contributed by atoms with van der Waals surface area (Å²) in [6.45, 7) is 8.23. The third-order valence-corrected chi connectivity index (χ3v) is 5.54.